The van der Waals surface area contributed by atoms with Gasteiger partial charge in [0, 0.05) is 12.2 Å². The number of para-hydroxylation sites is 1. The second-order valence-electron chi connectivity index (χ2n) is 4.84. The standard InChI is InChI=1S/C16H17N3OS/c1-3-19-13-8-9-21-14(13)10-15(19)18-16(20)17-12-7-5-4-6-11(12)2/h4-10H,3H2,1-2H3,(H2,17,18,20). The van der Waals surface area contributed by atoms with Crippen molar-refractivity contribution in [2.45, 2.75) is 20.4 Å². The number of nitrogens with zero attached hydrogens (tertiary/aromatic N) is 1. The molecular weight excluding hydrogens is 282 g/mol. The van der Waals surface area contributed by atoms with Crippen LogP contribution in [-0.4, -0.2) is 10.6 Å². The summed E-state index contributed by atoms with van der Waals surface area (Å²) in [6, 6.07) is 11.6. The fraction of sp³-hybridized carbons (Fsp3) is 0.188. The average Bonchev–Trinajstić information content (AvgIpc) is 3.01. The van der Waals surface area contributed by atoms with Crippen LogP contribution in [0.25, 0.3) is 10.2 Å². The second kappa shape index (κ2) is 5.61. The van der Waals surface area contributed by atoms with Crippen molar-refractivity contribution in [3.63, 3.8) is 0 Å². The third kappa shape index (κ3) is 2.64. The number of carbonyl (C=O) groups is 1. The van der Waals surface area contributed by atoms with E-state index >= 15 is 0 Å². The molecule has 0 aliphatic carbocycles. The van der Waals surface area contributed by atoms with Gasteiger partial charge in [0.05, 0.1) is 10.2 Å². The van der Waals surface area contributed by atoms with Crippen LogP contribution in [0.4, 0.5) is 16.3 Å². The Bertz CT molecular complexity index is 788. The van der Waals surface area contributed by atoms with Crippen LogP contribution >= 0.6 is 11.3 Å². The number of thiophene rings is 1. The molecule has 0 aliphatic rings. The molecule has 2 N–H and O–H groups in total. The highest BCUT2D eigenvalue weighted by Gasteiger charge is 2.11. The normalized spacial score (nSPS) is 10.8. The van der Waals surface area contributed by atoms with Gasteiger partial charge in [0.2, 0.25) is 0 Å². The molecule has 0 spiro atoms. The van der Waals surface area contributed by atoms with Crippen LogP contribution in [0.15, 0.2) is 41.8 Å². The van der Waals surface area contributed by atoms with E-state index in [1.54, 1.807) is 11.3 Å². The van der Waals surface area contributed by atoms with Gasteiger partial charge in [-0.2, -0.15) is 0 Å². The molecule has 5 heteroatoms. The van der Waals surface area contributed by atoms with Crippen molar-refractivity contribution in [3.05, 3.63) is 47.3 Å². The smallest absolute Gasteiger partial charge is 0.324 e. The summed E-state index contributed by atoms with van der Waals surface area (Å²) in [7, 11) is 0. The zero-order valence-corrected chi connectivity index (χ0v) is 12.8. The molecule has 0 saturated carbocycles. The SMILES string of the molecule is CCn1c(NC(=O)Nc2ccccc2C)cc2sccc21. The van der Waals surface area contributed by atoms with E-state index in [-0.39, 0.29) is 6.03 Å². The van der Waals surface area contributed by atoms with Gasteiger partial charge < -0.3 is 9.88 Å². The molecule has 0 atom stereocenters. The molecule has 0 fully saturated rings. The van der Waals surface area contributed by atoms with Crippen molar-refractivity contribution in [2.24, 2.45) is 0 Å². The van der Waals surface area contributed by atoms with Crippen molar-refractivity contribution >= 4 is 39.1 Å². The fourth-order valence-electron chi connectivity index (χ4n) is 2.40. The van der Waals surface area contributed by atoms with Crippen LogP contribution < -0.4 is 10.6 Å². The van der Waals surface area contributed by atoms with Crippen molar-refractivity contribution in [3.8, 4) is 0 Å². The Morgan fingerprint density at radius 2 is 2.05 bits per heavy atom. The van der Waals surface area contributed by atoms with E-state index < -0.39 is 0 Å². The first-order chi connectivity index (χ1) is 10.2. The Morgan fingerprint density at radius 1 is 1.24 bits per heavy atom. The van der Waals surface area contributed by atoms with Crippen LogP contribution in [-0.2, 0) is 6.54 Å². The van der Waals surface area contributed by atoms with Crippen molar-refractivity contribution in [1.29, 1.82) is 0 Å². The van der Waals surface area contributed by atoms with Gasteiger partial charge in [-0.05, 0) is 43.0 Å². The van der Waals surface area contributed by atoms with E-state index in [2.05, 4.69) is 33.6 Å². The average molecular weight is 299 g/mol. The number of carbonyl (C=O) groups excluding carboxylic acids is 1. The maximum Gasteiger partial charge on any atom is 0.324 e. The van der Waals surface area contributed by atoms with E-state index in [0.717, 1.165) is 29.1 Å². The molecule has 3 aromatic rings. The van der Waals surface area contributed by atoms with Crippen LogP contribution in [0.5, 0.6) is 0 Å². The Hall–Kier alpha value is -2.27. The number of hydrogen-bond acceptors (Lipinski definition) is 2. The molecular formula is C16H17N3OS. The summed E-state index contributed by atoms with van der Waals surface area (Å²) >= 11 is 1.68. The second-order valence-corrected chi connectivity index (χ2v) is 5.79. The minimum Gasteiger partial charge on any atom is -0.327 e. The van der Waals surface area contributed by atoms with Crippen LogP contribution in [0.1, 0.15) is 12.5 Å². The number of nitrogens with one attached hydrogen (secondary N) is 2. The van der Waals surface area contributed by atoms with Gasteiger partial charge >= 0.3 is 6.03 Å². The van der Waals surface area contributed by atoms with Crippen molar-refractivity contribution in [1.82, 2.24) is 4.57 Å². The molecule has 2 aromatic heterocycles. The monoisotopic (exact) mass is 299 g/mol. The Labute approximate surface area is 127 Å². The number of aromatic nitrogens is 1. The Kier molecular flexibility index (Phi) is 3.66. The predicted molar refractivity (Wildman–Crippen MR) is 89.3 cm³/mol. The number of amides is 2. The summed E-state index contributed by atoms with van der Waals surface area (Å²) in [6.45, 7) is 4.86. The molecule has 0 radical (unpaired) electrons. The van der Waals surface area contributed by atoms with Crippen LogP contribution in [0, 0.1) is 6.92 Å². The van der Waals surface area contributed by atoms with E-state index in [4.69, 9.17) is 0 Å². The lowest BCUT2D eigenvalue weighted by molar-refractivity contribution is 0.262. The van der Waals surface area contributed by atoms with Gasteiger partial charge in [0.25, 0.3) is 0 Å². The molecule has 21 heavy (non-hydrogen) atoms. The lowest BCUT2D eigenvalue weighted by atomic mass is 10.2. The van der Waals surface area contributed by atoms with Gasteiger partial charge in [-0.3, -0.25) is 5.32 Å². The Morgan fingerprint density at radius 3 is 2.81 bits per heavy atom. The summed E-state index contributed by atoms with van der Waals surface area (Å²) in [5.74, 6) is 0.824. The molecule has 1 aromatic carbocycles. The molecule has 2 amide bonds. The first-order valence-electron chi connectivity index (χ1n) is 6.89. The van der Waals surface area contributed by atoms with E-state index in [0.29, 0.717) is 0 Å². The minimum absolute atomic E-state index is 0.218. The largest absolute Gasteiger partial charge is 0.327 e. The number of aryl methyl sites for hydroxylation is 2. The molecule has 0 aliphatic heterocycles. The minimum atomic E-state index is -0.218. The number of rotatable bonds is 3. The highest BCUT2D eigenvalue weighted by Crippen LogP contribution is 2.28. The van der Waals surface area contributed by atoms with Gasteiger partial charge in [0.15, 0.2) is 0 Å². The van der Waals surface area contributed by atoms with Crippen LogP contribution in [0.2, 0.25) is 0 Å². The van der Waals surface area contributed by atoms with Gasteiger partial charge in [-0.15, -0.1) is 11.3 Å². The zero-order chi connectivity index (χ0) is 14.8. The van der Waals surface area contributed by atoms with Gasteiger partial charge in [-0.25, -0.2) is 4.79 Å². The fourth-order valence-corrected chi connectivity index (χ4v) is 3.23. The summed E-state index contributed by atoms with van der Waals surface area (Å²) in [6.07, 6.45) is 0. The third-order valence-electron chi connectivity index (χ3n) is 3.47. The molecule has 108 valence electrons. The molecule has 4 nitrogen and oxygen atoms in total. The van der Waals surface area contributed by atoms with E-state index in [1.807, 2.05) is 37.3 Å². The lowest BCUT2D eigenvalue weighted by Gasteiger charge is -2.11. The summed E-state index contributed by atoms with van der Waals surface area (Å²) in [5, 5.41) is 7.88. The predicted octanol–water partition coefficient (Wildman–Crippen LogP) is 4.68. The summed E-state index contributed by atoms with van der Waals surface area (Å²) < 4.78 is 3.28. The Balaban J connectivity index is 1.80. The molecule has 3 rings (SSSR count). The van der Waals surface area contributed by atoms with E-state index in [9.17, 15) is 4.79 Å². The van der Waals surface area contributed by atoms with Crippen molar-refractivity contribution in [2.75, 3.05) is 10.6 Å². The topological polar surface area (TPSA) is 46.1 Å². The van der Waals surface area contributed by atoms with Crippen LogP contribution in [0.3, 0.4) is 0 Å². The number of fused-ring (bicyclic) bond motifs is 1. The van der Waals surface area contributed by atoms with E-state index in [1.165, 1.54) is 4.70 Å². The zero-order valence-electron chi connectivity index (χ0n) is 12.0. The molecule has 0 unspecified atom stereocenters. The summed E-state index contributed by atoms with van der Waals surface area (Å²) in [5.41, 5.74) is 3.03. The molecule has 0 saturated heterocycles. The van der Waals surface area contributed by atoms with Crippen molar-refractivity contribution < 1.29 is 4.79 Å². The number of anilines is 2. The summed E-state index contributed by atoms with van der Waals surface area (Å²) in [4.78, 5) is 12.2. The quantitative estimate of drug-likeness (QED) is 0.725. The van der Waals surface area contributed by atoms with Gasteiger partial charge in [0.1, 0.15) is 5.82 Å². The highest BCUT2D eigenvalue weighted by atomic mass is 32.1. The number of hydrogen-bond donors (Lipinski definition) is 2. The number of benzene rings is 1. The molecule has 0 bridgehead atoms. The lowest BCUT2D eigenvalue weighted by Crippen LogP contribution is -2.21. The first-order valence-corrected chi connectivity index (χ1v) is 7.77. The molecule has 2 heterocycles. The van der Waals surface area contributed by atoms with Gasteiger partial charge in [-0.1, -0.05) is 18.2 Å². The maximum absolute atomic E-state index is 12.2. The maximum atomic E-state index is 12.2. The third-order valence-corrected chi connectivity index (χ3v) is 4.33. The highest BCUT2D eigenvalue weighted by molar-refractivity contribution is 7.17. The number of urea groups is 1. The first kappa shape index (κ1) is 13.7.